The summed E-state index contributed by atoms with van der Waals surface area (Å²) in [6.45, 7) is 2.11. The summed E-state index contributed by atoms with van der Waals surface area (Å²) in [5.41, 5.74) is 1.24. The third kappa shape index (κ3) is 1.52. The maximum absolute atomic E-state index is 8.78. The first-order valence-corrected chi connectivity index (χ1v) is 5.66. The minimum absolute atomic E-state index is 0.765. The average molecular weight is 219 g/mol. The summed E-state index contributed by atoms with van der Waals surface area (Å²) in [6.07, 6.45) is 0.979. The van der Waals surface area contributed by atoms with Crippen molar-refractivity contribution in [1.82, 2.24) is 0 Å². The Balaban J connectivity index is 2.71. The minimum atomic E-state index is 0.765. The van der Waals surface area contributed by atoms with Crippen molar-refractivity contribution < 1.29 is 0 Å². The van der Waals surface area contributed by atoms with E-state index in [1.165, 1.54) is 16.9 Å². The van der Waals surface area contributed by atoms with E-state index in [0.717, 1.165) is 26.3 Å². The average Bonchev–Trinajstić information content (AvgIpc) is 2.58. The first kappa shape index (κ1) is 9.57. The fourth-order valence-electron chi connectivity index (χ4n) is 1.46. The predicted molar refractivity (Wildman–Crippen MR) is 63.2 cm³/mol. The number of aryl methyl sites for hydroxylation is 1. The fourth-order valence-corrected chi connectivity index (χ4v) is 2.78. The maximum atomic E-state index is 8.78. The number of nitriles is 1. The van der Waals surface area contributed by atoms with Crippen LogP contribution in [0, 0.1) is 11.3 Å². The molecule has 1 nitrogen and oxygen atoms in total. The molecule has 2 rings (SSSR count). The zero-order valence-electron chi connectivity index (χ0n) is 7.74. The smallest absolute Gasteiger partial charge is 0.110 e. The van der Waals surface area contributed by atoms with Crippen LogP contribution in [-0.4, -0.2) is 0 Å². The highest BCUT2D eigenvalue weighted by Crippen LogP contribution is 2.29. The lowest BCUT2D eigenvalue weighted by molar-refractivity contribution is 1.09. The van der Waals surface area contributed by atoms with Gasteiger partial charge >= 0.3 is 0 Å². The number of nitrogens with zero attached hydrogens (tertiary/aromatic N) is 1. The van der Waals surface area contributed by atoms with Gasteiger partial charge in [-0.3, -0.25) is 0 Å². The normalized spacial score (nSPS) is 10.4. The quantitative estimate of drug-likeness (QED) is 0.728. The molecular formula is C11H9NS2. The molecule has 0 amide bonds. The Morgan fingerprint density at radius 2 is 2.21 bits per heavy atom. The van der Waals surface area contributed by atoms with Gasteiger partial charge in [0.1, 0.15) is 10.9 Å². The van der Waals surface area contributed by atoms with E-state index >= 15 is 0 Å². The lowest BCUT2D eigenvalue weighted by Crippen LogP contribution is -1.81. The van der Waals surface area contributed by atoms with Crippen LogP contribution in [0.1, 0.15) is 17.4 Å². The number of benzene rings is 1. The maximum Gasteiger partial charge on any atom is 0.110 e. The second kappa shape index (κ2) is 3.64. The zero-order valence-corrected chi connectivity index (χ0v) is 9.45. The van der Waals surface area contributed by atoms with Crippen LogP contribution in [0.25, 0.3) is 10.1 Å². The van der Waals surface area contributed by atoms with E-state index < -0.39 is 0 Å². The van der Waals surface area contributed by atoms with E-state index in [-0.39, 0.29) is 0 Å². The lowest BCUT2D eigenvalue weighted by atomic mass is 10.1. The van der Waals surface area contributed by atoms with Crippen molar-refractivity contribution in [3.8, 4) is 6.07 Å². The Bertz CT molecular complexity index is 520. The van der Waals surface area contributed by atoms with Crippen LogP contribution in [-0.2, 0) is 6.42 Å². The topological polar surface area (TPSA) is 23.8 Å². The summed E-state index contributed by atoms with van der Waals surface area (Å²) in [7, 11) is 0. The van der Waals surface area contributed by atoms with E-state index in [1.807, 2.05) is 12.1 Å². The van der Waals surface area contributed by atoms with Crippen molar-refractivity contribution >= 4 is 34.1 Å². The molecule has 0 saturated heterocycles. The van der Waals surface area contributed by atoms with Gasteiger partial charge in [-0.25, -0.2) is 0 Å². The molecule has 0 aliphatic heterocycles. The number of rotatable bonds is 1. The summed E-state index contributed by atoms with van der Waals surface area (Å²) >= 11 is 5.94. The molecule has 0 saturated carbocycles. The molecule has 0 radical (unpaired) electrons. The van der Waals surface area contributed by atoms with Crippen molar-refractivity contribution in [2.75, 3.05) is 0 Å². The first-order valence-electron chi connectivity index (χ1n) is 4.40. The molecule has 0 unspecified atom stereocenters. The third-order valence-corrected chi connectivity index (χ3v) is 3.63. The monoisotopic (exact) mass is 219 g/mol. The molecule has 1 aromatic carbocycles. The van der Waals surface area contributed by atoms with Gasteiger partial charge in [0.05, 0.1) is 0 Å². The molecule has 3 heteroatoms. The van der Waals surface area contributed by atoms with Crippen LogP contribution in [0.5, 0.6) is 0 Å². The predicted octanol–water partition coefficient (Wildman–Crippen LogP) is 3.62. The molecule has 0 fully saturated rings. The third-order valence-electron chi connectivity index (χ3n) is 2.21. The summed E-state index contributed by atoms with van der Waals surface area (Å²) in [4.78, 5) is 1.78. The van der Waals surface area contributed by atoms with Crippen molar-refractivity contribution in [2.45, 2.75) is 18.2 Å². The number of thiol groups is 1. The molecule has 0 bridgehead atoms. The van der Waals surface area contributed by atoms with Crippen molar-refractivity contribution in [3.05, 3.63) is 28.6 Å². The van der Waals surface area contributed by atoms with Crippen molar-refractivity contribution in [1.29, 1.82) is 5.26 Å². The Labute approximate surface area is 92.4 Å². The number of thiophene rings is 1. The van der Waals surface area contributed by atoms with E-state index in [0.29, 0.717) is 0 Å². The Hall–Kier alpha value is -0.980. The van der Waals surface area contributed by atoms with Crippen LogP contribution in [0.2, 0.25) is 0 Å². The molecule has 0 spiro atoms. The molecule has 1 aromatic heterocycles. The second-order valence-corrected chi connectivity index (χ2v) is 4.66. The van der Waals surface area contributed by atoms with Crippen LogP contribution in [0.3, 0.4) is 0 Å². The van der Waals surface area contributed by atoms with Gasteiger partial charge in [0.15, 0.2) is 0 Å². The standard InChI is InChI=1S/C11H9NS2/c1-2-7-3-8-4-9(6-12)14-11(8)5-10(7)13/h3-5,13H,2H2,1H3. The van der Waals surface area contributed by atoms with Gasteiger partial charge < -0.3 is 0 Å². The Kier molecular flexibility index (Phi) is 2.49. The molecule has 0 atom stereocenters. The van der Waals surface area contributed by atoms with Crippen LogP contribution in [0.15, 0.2) is 23.1 Å². The zero-order chi connectivity index (χ0) is 10.1. The molecule has 0 N–H and O–H groups in total. The molecular weight excluding hydrogens is 210 g/mol. The van der Waals surface area contributed by atoms with Gasteiger partial charge in [-0.15, -0.1) is 24.0 Å². The molecule has 0 aliphatic carbocycles. The van der Waals surface area contributed by atoms with Gasteiger partial charge in [-0.2, -0.15) is 5.26 Å². The number of fused-ring (bicyclic) bond motifs is 1. The SMILES string of the molecule is CCc1cc2cc(C#N)sc2cc1S. The van der Waals surface area contributed by atoms with E-state index in [4.69, 9.17) is 5.26 Å². The lowest BCUT2D eigenvalue weighted by Gasteiger charge is -2.00. The van der Waals surface area contributed by atoms with Crippen LogP contribution >= 0.6 is 24.0 Å². The minimum Gasteiger partial charge on any atom is -0.192 e. The van der Waals surface area contributed by atoms with E-state index in [9.17, 15) is 0 Å². The highest BCUT2D eigenvalue weighted by molar-refractivity contribution is 7.80. The number of hydrogen-bond donors (Lipinski definition) is 1. The molecule has 0 aliphatic rings. The molecule has 70 valence electrons. The van der Waals surface area contributed by atoms with Gasteiger partial charge in [0.2, 0.25) is 0 Å². The van der Waals surface area contributed by atoms with Crippen molar-refractivity contribution in [2.24, 2.45) is 0 Å². The van der Waals surface area contributed by atoms with Crippen molar-refractivity contribution in [3.63, 3.8) is 0 Å². The summed E-state index contributed by atoms with van der Waals surface area (Å²) in [6, 6.07) is 8.27. The van der Waals surface area contributed by atoms with Crippen LogP contribution < -0.4 is 0 Å². The van der Waals surface area contributed by atoms with Gasteiger partial charge in [-0.05, 0) is 35.6 Å². The highest BCUT2D eigenvalue weighted by atomic mass is 32.1. The van der Waals surface area contributed by atoms with Gasteiger partial charge in [0.25, 0.3) is 0 Å². The number of hydrogen-bond acceptors (Lipinski definition) is 3. The molecule has 1 heterocycles. The summed E-state index contributed by atoms with van der Waals surface area (Å²) in [5.74, 6) is 0. The van der Waals surface area contributed by atoms with Gasteiger partial charge in [0, 0.05) is 9.60 Å². The Morgan fingerprint density at radius 1 is 1.43 bits per heavy atom. The van der Waals surface area contributed by atoms with Crippen LogP contribution in [0.4, 0.5) is 0 Å². The largest absolute Gasteiger partial charge is 0.192 e. The second-order valence-electron chi connectivity index (χ2n) is 3.09. The van der Waals surface area contributed by atoms with Gasteiger partial charge in [-0.1, -0.05) is 6.92 Å². The summed E-state index contributed by atoms with van der Waals surface area (Å²) < 4.78 is 1.14. The molecule has 14 heavy (non-hydrogen) atoms. The Morgan fingerprint density at radius 3 is 2.86 bits per heavy atom. The fraction of sp³-hybridized carbons (Fsp3) is 0.182. The van der Waals surface area contributed by atoms with E-state index in [2.05, 4.69) is 31.7 Å². The first-order chi connectivity index (χ1) is 6.74. The highest BCUT2D eigenvalue weighted by Gasteiger charge is 2.04. The summed E-state index contributed by atoms with van der Waals surface area (Å²) in [5, 5.41) is 9.93. The van der Waals surface area contributed by atoms with E-state index in [1.54, 1.807) is 0 Å². The molecule has 2 aromatic rings.